The molecule has 0 aliphatic heterocycles. The monoisotopic (exact) mass is 317 g/mol. The molecule has 0 fully saturated rings. The van der Waals surface area contributed by atoms with E-state index in [1.807, 2.05) is 0 Å². The predicted octanol–water partition coefficient (Wildman–Crippen LogP) is 1.27. The van der Waals surface area contributed by atoms with Crippen molar-refractivity contribution in [2.45, 2.75) is 10.9 Å². The Hall–Kier alpha value is -2.22. The van der Waals surface area contributed by atoms with Crippen LogP contribution < -0.4 is 5.73 Å². The van der Waals surface area contributed by atoms with Crippen LogP contribution >= 0.6 is 0 Å². The normalized spacial score (nSPS) is 13.4. The summed E-state index contributed by atoms with van der Waals surface area (Å²) in [4.78, 5) is 4.16. The topological polar surface area (TPSA) is 98.2 Å². The number of nitrogens with two attached hydrogens (primary N) is 1. The molecule has 0 spiro atoms. The van der Waals surface area contributed by atoms with Crippen LogP contribution in [0.25, 0.3) is 10.9 Å². The zero-order valence-electron chi connectivity index (χ0n) is 11.6. The summed E-state index contributed by atoms with van der Waals surface area (Å²) in [6.07, 6.45) is 3.09. The highest BCUT2D eigenvalue weighted by Gasteiger charge is 2.25. The summed E-state index contributed by atoms with van der Waals surface area (Å²) in [6, 6.07) is 10.6. The molecule has 0 saturated heterocycles. The molecule has 3 aromatic rings. The van der Waals surface area contributed by atoms with Gasteiger partial charge in [0.2, 0.25) is 0 Å². The maximum atomic E-state index is 13.0. The van der Waals surface area contributed by atoms with Gasteiger partial charge < -0.3 is 10.8 Å². The number of hydrogen-bond acceptors (Lipinski definition) is 5. The van der Waals surface area contributed by atoms with Crippen molar-refractivity contribution in [3.05, 3.63) is 60.6 Å². The first-order chi connectivity index (χ1) is 10.6. The Morgan fingerprint density at radius 1 is 1.23 bits per heavy atom. The largest absolute Gasteiger partial charge is 0.394 e. The van der Waals surface area contributed by atoms with E-state index in [9.17, 15) is 13.5 Å². The molecule has 0 aliphatic carbocycles. The van der Waals surface area contributed by atoms with Gasteiger partial charge in [-0.25, -0.2) is 12.4 Å². The smallest absolute Gasteiger partial charge is 0.268 e. The zero-order chi connectivity index (χ0) is 15.7. The predicted molar refractivity (Wildman–Crippen MR) is 82.8 cm³/mol. The van der Waals surface area contributed by atoms with Crippen molar-refractivity contribution < 1.29 is 13.5 Å². The van der Waals surface area contributed by atoms with Crippen molar-refractivity contribution in [1.29, 1.82) is 0 Å². The van der Waals surface area contributed by atoms with Crippen LogP contribution in [0, 0.1) is 0 Å². The maximum Gasteiger partial charge on any atom is 0.268 e. The fourth-order valence-corrected chi connectivity index (χ4v) is 3.97. The molecule has 1 atom stereocenters. The zero-order valence-corrected chi connectivity index (χ0v) is 12.4. The average Bonchev–Trinajstić information content (AvgIpc) is 2.95. The van der Waals surface area contributed by atoms with Gasteiger partial charge in [0, 0.05) is 17.8 Å². The second-order valence-electron chi connectivity index (χ2n) is 4.88. The minimum Gasteiger partial charge on any atom is -0.394 e. The SMILES string of the molecule is NC(CO)c1cc2cnccc2n1S(=O)(=O)c1ccccc1. The van der Waals surface area contributed by atoms with Gasteiger partial charge in [0.1, 0.15) is 0 Å². The van der Waals surface area contributed by atoms with Crippen molar-refractivity contribution in [2.75, 3.05) is 6.61 Å². The minimum absolute atomic E-state index is 0.163. The third kappa shape index (κ3) is 2.29. The van der Waals surface area contributed by atoms with E-state index in [0.29, 0.717) is 16.6 Å². The van der Waals surface area contributed by atoms with Crippen molar-refractivity contribution in [3.63, 3.8) is 0 Å². The highest BCUT2D eigenvalue weighted by atomic mass is 32.2. The number of fused-ring (bicyclic) bond motifs is 1. The van der Waals surface area contributed by atoms with Gasteiger partial charge in [-0.2, -0.15) is 0 Å². The van der Waals surface area contributed by atoms with Crippen LogP contribution in [-0.4, -0.2) is 29.1 Å². The third-order valence-electron chi connectivity index (χ3n) is 3.44. The van der Waals surface area contributed by atoms with Crippen molar-refractivity contribution in [2.24, 2.45) is 5.73 Å². The second kappa shape index (κ2) is 5.53. The van der Waals surface area contributed by atoms with Gasteiger partial charge in [0.25, 0.3) is 10.0 Å². The lowest BCUT2D eigenvalue weighted by molar-refractivity contribution is 0.265. The summed E-state index contributed by atoms with van der Waals surface area (Å²) >= 11 is 0. The van der Waals surface area contributed by atoms with Crippen molar-refractivity contribution in [3.8, 4) is 0 Å². The van der Waals surface area contributed by atoms with Gasteiger partial charge in [-0.05, 0) is 24.3 Å². The van der Waals surface area contributed by atoms with E-state index in [0.717, 1.165) is 0 Å². The van der Waals surface area contributed by atoms with Crippen LogP contribution in [0.2, 0.25) is 0 Å². The molecule has 0 amide bonds. The molecule has 0 saturated carbocycles. The van der Waals surface area contributed by atoms with Crippen LogP contribution in [0.15, 0.2) is 59.8 Å². The third-order valence-corrected chi connectivity index (χ3v) is 5.20. The van der Waals surface area contributed by atoms with Crippen LogP contribution in [0.3, 0.4) is 0 Å². The Morgan fingerprint density at radius 3 is 2.64 bits per heavy atom. The van der Waals surface area contributed by atoms with Gasteiger partial charge in [0.15, 0.2) is 0 Å². The first-order valence-electron chi connectivity index (χ1n) is 6.68. The molecule has 0 bridgehead atoms. The van der Waals surface area contributed by atoms with E-state index in [4.69, 9.17) is 5.73 Å². The summed E-state index contributed by atoms with van der Waals surface area (Å²) in [7, 11) is -3.81. The number of aromatic nitrogens is 2. The van der Waals surface area contributed by atoms with E-state index < -0.39 is 16.1 Å². The second-order valence-corrected chi connectivity index (χ2v) is 6.66. The first kappa shape index (κ1) is 14.7. The van der Waals surface area contributed by atoms with Crippen LogP contribution in [0.1, 0.15) is 11.7 Å². The molecule has 7 heteroatoms. The molecule has 0 radical (unpaired) electrons. The van der Waals surface area contributed by atoms with Crippen molar-refractivity contribution >= 4 is 20.9 Å². The number of benzene rings is 1. The van der Waals surface area contributed by atoms with E-state index in [1.54, 1.807) is 36.5 Å². The molecule has 2 aromatic heterocycles. The fourth-order valence-electron chi connectivity index (χ4n) is 2.37. The fraction of sp³-hybridized carbons (Fsp3) is 0.133. The van der Waals surface area contributed by atoms with E-state index in [-0.39, 0.29) is 11.5 Å². The lowest BCUT2D eigenvalue weighted by atomic mass is 10.2. The Morgan fingerprint density at radius 2 is 1.95 bits per heavy atom. The van der Waals surface area contributed by atoms with Gasteiger partial charge in [-0.3, -0.25) is 4.98 Å². The summed E-state index contributed by atoms with van der Waals surface area (Å²) in [6.45, 7) is -0.353. The van der Waals surface area contributed by atoms with E-state index in [1.165, 1.54) is 22.3 Å². The molecule has 0 aliphatic rings. The Labute approximate surface area is 127 Å². The Balaban J connectivity index is 2.34. The minimum atomic E-state index is -3.81. The molecule has 22 heavy (non-hydrogen) atoms. The van der Waals surface area contributed by atoms with Crippen LogP contribution in [-0.2, 0) is 10.0 Å². The van der Waals surface area contributed by atoms with Gasteiger partial charge in [-0.15, -0.1) is 0 Å². The van der Waals surface area contributed by atoms with Crippen molar-refractivity contribution in [1.82, 2.24) is 8.96 Å². The number of nitrogens with zero attached hydrogens (tertiary/aromatic N) is 2. The molecule has 3 N–H and O–H groups in total. The lowest BCUT2D eigenvalue weighted by Crippen LogP contribution is -2.23. The molecule has 6 nitrogen and oxygen atoms in total. The number of aliphatic hydroxyl groups is 1. The highest BCUT2D eigenvalue weighted by molar-refractivity contribution is 7.90. The van der Waals surface area contributed by atoms with Crippen LogP contribution in [0.4, 0.5) is 0 Å². The van der Waals surface area contributed by atoms with Gasteiger partial charge >= 0.3 is 0 Å². The number of rotatable bonds is 4. The number of hydrogen-bond donors (Lipinski definition) is 2. The summed E-state index contributed by atoms with van der Waals surface area (Å²) < 4.78 is 27.1. The van der Waals surface area contributed by atoms with Crippen LogP contribution in [0.5, 0.6) is 0 Å². The molecule has 1 unspecified atom stereocenters. The summed E-state index contributed by atoms with van der Waals surface area (Å²) in [5.41, 5.74) is 6.69. The number of pyridine rings is 1. The van der Waals surface area contributed by atoms with Gasteiger partial charge in [-0.1, -0.05) is 18.2 Å². The molecule has 2 heterocycles. The molecule has 114 valence electrons. The van der Waals surface area contributed by atoms with E-state index in [2.05, 4.69) is 4.98 Å². The van der Waals surface area contributed by atoms with Gasteiger partial charge in [0.05, 0.1) is 28.8 Å². The maximum absolute atomic E-state index is 13.0. The Kier molecular flexibility index (Phi) is 3.69. The standard InChI is InChI=1S/C15H15N3O3S/c16-13(10-19)15-8-11-9-17-7-6-14(11)18(15)22(20,21)12-4-2-1-3-5-12/h1-9,13,19H,10,16H2. The molecular weight excluding hydrogens is 302 g/mol. The summed E-state index contributed by atoms with van der Waals surface area (Å²) in [5, 5.41) is 9.98. The average molecular weight is 317 g/mol. The molecule has 3 rings (SSSR count). The highest BCUT2D eigenvalue weighted by Crippen LogP contribution is 2.27. The number of aliphatic hydroxyl groups excluding tert-OH is 1. The lowest BCUT2D eigenvalue weighted by Gasteiger charge is -2.15. The molecule has 1 aromatic carbocycles. The Bertz CT molecular complexity index is 904. The first-order valence-corrected chi connectivity index (χ1v) is 8.12. The van der Waals surface area contributed by atoms with E-state index >= 15 is 0 Å². The summed E-state index contributed by atoms with van der Waals surface area (Å²) in [5.74, 6) is 0. The molecular formula is C15H15N3O3S. The quantitative estimate of drug-likeness (QED) is 0.755.